The minimum atomic E-state index is -0.412. The average Bonchev–Trinajstić information content (AvgIpc) is 2.23. The van der Waals surface area contributed by atoms with Crippen LogP contribution in [-0.2, 0) is 11.3 Å². The summed E-state index contributed by atoms with van der Waals surface area (Å²) in [5.41, 5.74) is 12.3. The molecule has 0 aromatic heterocycles. The van der Waals surface area contributed by atoms with E-state index in [1.807, 2.05) is 12.1 Å². The van der Waals surface area contributed by atoms with Crippen LogP contribution in [-0.4, -0.2) is 18.1 Å². The maximum absolute atomic E-state index is 11.1. The molecule has 1 aliphatic rings. The lowest BCUT2D eigenvalue weighted by Gasteiger charge is -2.32. The first-order valence-corrected chi connectivity index (χ1v) is 5.41. The smallest absolute Gasteiger partial charge is 0.249 e. The second-order valence-corrected chi connectivity index (χ2v) is 4.19. The van der Waals surface area contributed by atoms with Crippen molar-refractivity contribution in [2.45, 2.75) is 31.6 Å². The Labute approximate surface area is 94.6 Å². The van der Waals surface area contributed by atoms with Crippen LogP contribution < -0.4 is 11.5 Å². The predicted molar refractivity (Wildman–Crippen MR) is 60.7 cm³/mol. The quantitative estimate of drug-likeness (QED) is 0.787. The van der Waals surface area contributed by atoms with Crippen molar-refractivity contribution in [2.75, 3.05) is 0 Å². The fourth-order valence-corrected chi connectivity index (χ4v) is 1.84. The number of carbonyl (C=O) groups excluding carboxylic acids is 1. The number of hydrogen-bond acceptors (Lipinski definition) is 3. The molecule has 0 unspecified atom stereocenters. The number of benzene rings is 1. The standard InChI is InChI=1S/C12H16N2O2/c13-9-5-10(6-9)16-7-8-3-1-2-4-11(8)12(14)15/h1-4,9-10H,5-7,13H2,(H2,14,15). The molecule has 4 heteroatoms. The third-order valence-corrected chi connectivity index (χ3v) is 2.89. The fraction of sp³-hybridized carbons (Fsp3) is 0.417. The van der Waals surface area contributed by atoms with Gasteiger partial charge in [-0.05, 0) is 24.5 Å². The molecule has 0 aliphatic heterocycles. The molecule has 0 spiro atoms. The summed E-state index contributed by atoms with van der Waals surface area (Å²) in [4.78, 5) is 11.1. The normalized spacial score (nSPS) is 23.8. The first-order valence-electron chi connectivity index (χ1n) is 5.41. The van der Waals surface area contributed by atoms with Gasteiger partial charge in [0, 0.05) is 11.6 Å². The first kappa shape index (κ1) is 11.1. The summed E-state index contributed by atoms with van der Waals surface area (Å²) < 4.78 is 5.64. The van der Waals surface area contributed by atoms with Crippen molar-refractivity contribution < 1.29 is 9.53 Å². The second-order valence-electron chi connectivity index (χ2n) is 4.19. The number of amides is 1. The summed E-state index contributed by atoms with van der Waals surface area (Å²) in [5.74, 6) is -0.412. The molecule has 0 radical (unpaired) electrons. The van der Waals surface area contributed by atoms with Gasteiger partial charge in [-0.25, -0.2) is 0 Å². The third kappa shape index (κ3) is 2.40. The Morgan fingerprint density at radius 2 is 2.06 bits per heavy atom. The monoisotopic (exact) mass is 220 g/mol. The van der Waals surface area contributed by atoms with Crippen molar-refractivity contribution in [2.24, 2.45) is 11.5 Å². The molecule has 0 heterocycles. The number of primary amides is 1. The first-order chi connectivity index (χ1) is 7.66. The van der Waals surface area contributed by atoms with Crippen molar-refractivity contribution in [3.8, 4) is 0 Å². The van der Waals surface area contributed by atoms with Gasteiger partial charge in [0.25, 0.3) is 0 Å². The van der Waals surface area contributed by atoms with E-state index in [1.165, 1.54) is 0 Å². The van der Waals surface area contributed by atoms with Crippen molar-refractivity contribution in [3.05, 3.63) is 35.4 Å². The molecule has 4 nitrogen and oxygen atoms in total. The van der Waals surface area contributed by atoms with Crippen molar-refractivity contribution >= 4 is 5.91 Å². The van der Waals surface area contributed by atoms with E-state index in [2.05, 4.69) is 0 Å². The third-order valence-electron chi connectivity index (χ3n) is 2.89. The van der Waals surface area contributed by atoms with E-state index in [-0.39, 0.29) is 12.1 Å². The van der Waals surface area contributed by atoms with Crippen LogP contribution >= 0.6 is 0 Å². The second kappa shape index (κ2) is 4.63. The van der Waals surface area contributed by atoms with Gasteiger partial charge in [-0.15, -0.1) is 0 Å². The Kier molecular flexibility index (Phi) is 3.22. The van der Waals surface area contributed by atoms with Crippen LogP contribution in [0.4, 0.5) is 0 Å². The molecule has 1 aliphatic carbocycles. The van der Waals surface area contributed by atoms with Gasteiger partial charge in [0.15, 0.2) is 0 Å². The Hall–Kier alpha value is -1.39. The molecule has 1 amide bonds. The van der Waals surface area contributed by atoms with Gasteiger partial charge in [0.05, 0.1) is 12.7 Å². The molecule has 1 saturated carbocycles. The van der Waals surface area contributed by atoms with Crippen molar-refractivity contribution in [1.29, 1.82) is 0 Å². The number of ether oxygens (including phenoxy) is 1. The van der Waals surface area contributed by atoms with Crippen LogP contribution in [0, 0.1) is 0 Å². The van der Waals surface area contributed by atoms with Gasteiger partial charge >= 0.3 is 0 Å². The van der Waals surface area contributed by atoms with Crippen LogP contribution in [0.2, 0.25) is 0 Å². The fourth-order valence-electron chi connectivity index (χ4n) is 1.84. The van der Waals surface area contributed by atoms with Crippen molar-refractivity contribution in [3.63, 3.8) is 0 Å². The molecule has 86 valence electrons. The molecule has 4 N–H and O–H groups in total. The van der Waals surface area contributed by atoms with E-state index in [4.69, 9.17) is 16.2 Å². The molecular weight excluding hydrogens is 204 g/mol. The summed E-state index contributed by atoms with van der Waals surface area (Å²) in [6.07, 6.45) is 2.04. The molecule has 0 atom stereocenters. The Morgan fingerprint density at radius 3 is 2.69 bits per heavy atom. The highest BCUT2D eigenvalue weighted by molar-refractivity contribution is 5.94. The number of carbonyl (C=O) groups is 1. The van der Waals surface area contributed by atoms with Crippen LogP contribution in [0.5, 0.6) is 0 Å². The van der Waals surface area contributed by atoms with E-state index >= 15 is 0 Å². The van der Waals surface area contributed by atoms with Crippen LogP contribution in [0.3, 0.4) is 0 Å². The van der Waals surface area contributed by atoms with Crippen LogP contribution in [0.1, 0.15) is 28.8 Å². The van der Waals surface area contributed by atoms with Crippen LogP contribution in [0.15, 0.2) is 24.3 Å². The maximum Gasteiger partial charge on any atom is 0.249 e. The predicted octanol–water partition coefficient (Wildman–Crippen LogP) is 0.792. The minimum Gasteiger partial charge on any atom is -0.373 e. The zero-order chi connectivity index (χ0) is 11.5. The lowest BCUT2D eigenvalue weighted by Crippen LogP contribution is -2.41. The summed E-state index contributed by atoms with van der Waals surface area (Å²) in [6, 6.07) is 7.52. The lowest BCUT2D eigenvalue weighted by atomic mass is 9.90. The molecule has 2 rings (SSSR count). The highest BCUT2D eigenvalue weighted by Crippen LogP contribution is 2.23. The van der Waals surface area contributed by atoms with E-state index in [0.717, 1.165) is 18.4 Å². The SMILES string of the molecule is NC(=O)c1ccccc1COC1CC(N)C1. The molecule has 0 bridgehead atoms. The van der Waals surface area contributed by atoms with Gasteiger partial charge < -0.3 is 16.2 Å². The zero-order valence-corrected chi connectivity index (χ0v) is 9.06. The van der Waals surface area contributed by atoms with Gasteiger partial charge in [0.1, 0.15) is 0 Å². The summed E-state index contributed by atoms with van der Waals surface area (Å²) in [6.45, 7) is 0.427. The lowest BCUT2D eigenvalue weighted by molar-refractivity contribution is -0.0190. The van der Waals surface area contributed by atoms with Gasteiger partial charge in [-0.3, -0.25) is 4.79 Å². The average molecular weight is 220 g/mol. The number of hydrogen-bond donors (Lipinski definition) is 2. The maximum atomic E-state index is 11.1. The van der Waals surface area contributed by atoms with E-state index < -0.39 is 5.91 Å². The molecule has 1 aromatic carbocycles. The number of nitrogens with two attached hydrogens (primary N) is 2. The van der Waals surface area contributed by atoms with E-state index in [1.54, 1.807) is 12.1 Å². The highest BCUT2D eigenvalue weighted by atomic mass is 16.5. The number of rotatable bonds is 4. The zero-order valence-electron chi connectivity index (χ0n) is 9.06. The largest absolute Gasteiger partial charge is 0.373 e. The molecule has 1 fully saturated rings. The van der Waals surface area contributed by atoms with Gasteiger partial charge in [0.2, 0.25) is 5.91 Å². The van der Waals surface area contributed by atoms with Gasteiger partial charge in [-0.1, -0.05) is 18.2 Å². The Bertz CT molecular complexity index is 386. The van der Waals surface area contributed by atoms with Crippen molar-refractivity contribution in [1.82, 2.24) is 0 Å². The van der Waals surface area contributed by atoms with E-state index in [0.29, 0.717) is 12.2 Å². The Morgan fingerprint density at radius 1 is 1.38 bits per heavy atom. The van der Waals surface area contributed by atoms with Gasteiger partial charge in [-0.2, -0.15) is 0 Å². The molecule has 0 saturated heterocycles. The van der Waals surface area contributed by atoms with E-state index in [9.17, 15) is 4.79 Å². The van der Waals surface area contributed by atoms with Crippen LogP contribution in [0.25, 0.3) is 0 Å². The molecule has 1 aromatic rings. The summed E-state index contributed by atoms with van der Waals surface area (Å²) in [5, 5.41) is 0. The molecular formula is C12H16N2O2. The highest BCUT2D eigenvalue weighted by Gasteiger charge is 2.26. The summed E-state index contributed by atoms with van der Waals surface area (Å²) >= 11 is 0. The minimum absolute atomic E-state index is 0.232. The Balaban J connectivity index is 1.95. The summed E-state index contributed by atoms with van der Waals surface area (Å²) in [7, 11) is 0. The topological polar surface area (TPSA) is 78.3 Å². The molecule has 16 heavy (non-hydrogen) atoms.